The molecule has 1 fully saturated rings. The van der Waals surface area contributed by atoms with E-state index in [1.54, 1.807) is 6.08 Å². The summed E-state index contributed by atoms with van der Waals surface area (Å²) >= 11 is 0. The summed E-state index contributed by atoms with van der Waals surface area (Å²) in [6.07, 6.45) is 6.19. The first kappa shape index (κ1) is 12.3. The minimum Gasteiger partial charge on any atom is -0.299 e. The highest BCUT2D eigenvalue weighted by Crippen LogP contribution is 2.46. The van der Waals surface area contributed by atoms with Gasteiger partial charge >= 0.3 is 0 Å². The predicted molar refractivity (Wildman–Crippen MR) is 73.8 cm³/mol. The fourth-order valence-corrected chi connectivity index (χ4v) is 3.46. The van der Waals surface area contributed by atoms with Crippen LogP contribution < -0.4 is 0 Å². The summed E-state index contributed by atoms with van der Waals surface area (Å²) in [5, 5.41) is 0. The molecule has 0 aliphatic heterocycles. The molecule has 2 heteroatoms. The number of hydrogen-bond acceptors (Lipinski definition) is 2. The second kappa shape index (κ2) is 4.76. The van der Waals surface area contributed by atoms with Crippen molar-refractivity contribution >= 4 is 11.6 Å². The maximum atomic E-state index is 12.5. The lowest BCUT2D eigenvalue weighted by Crippen LogP contribution is -2.41. The van der Waals surface area contributed by atoms with E-state index in [0.29, 0.717) is 25.0 Å². The molecule has 0 spiro atoms. The van der Waals surface area contributed by atoms with Crippen LogP contribution in [-0.4, -0.2) is 11.6 Å². The molecule has 0 bridgehead atoms. The first-order chi connectivity index (χ1) is 9.21. The summed E-state index contributed by atoms with van der Waals surface area (Å²) in [5.74, 6) is 0.523. The third kappa shape index (κ3) is 2.16. The molecule has 0 amide bonds. The Morgan fingerprint density at radius 1 is 1.00 bits per heavy atom. The number of benzene rings is 1. The molecule has 1 unspecified atom stereocenters. The van der Waals surface area contributed by atoms with Crippen molar-refractivity contribution in [2.75, 3.05) is 0 Å². The Kier molecular flexibility index (Phi) is 3.09. The molecule has 0 saturated heterocycles. The molecule has 3 rings (SSSR count). The van der Waals surface area contributed by atoms with Crippen LogP contribution >= 0.6 is 0 Å². The van der Waals surface area contributed by atoms with Crippen molar-refractivity contribution in [2.24, 2.45) is 5.41 Å². The van der Waals surface area contributed by atoms with Crippen molar-refractivity contribution in [2.45, 2.75) is 38.5 Å². The van der Waals surface area contributed by atoms with Crippen molar-refractivity contribution < 1.29 is 9.59 Å². The zero-order chi connectivity index (χ0) is 13.3. The highest BCUT2D eigenvalue weighted by Gasteiger charge is 2.45. The van der Waals surface area contributed by atoms with Crippen LogP contribution in [0.15, 0.2) is 42.0 Å². The number of hydrogen-bond donors (Lipinski definition) is 0. The van der Waals surface area contributed by atoms with Gasteiger partial charge in [-0.1, -0.05) is 35.9 Å². The van der Waals surface area contributed by atoms with Crippen LogP contribution in [0.2, 0.25) is 0 Å². The Bertz CT molecular complexity index is 542. The average molecular weight is 254 g/mol. The summed E-state index contributed by atoms with van der Waals surface area (Å²) in [4.78, 5) is 24.1. The van der Waals surface area contributed by atoms with Crippen LogP contribution in [0.5, 0.6) is 0 Å². The van der Waals surface area contributed by atoms with E-state index in [4.69, 9.17) is 0 Å². The molecule has 0 radical (unpaired) electrons. The zero-order valence-electron chi connectivity index (χ0n) is 11.0. The van der Waals surface area contributed by atoms with Gasteiger partial charge in [0, 0.05) is 12.8 Å². The van der Waals surface area contributed by atoms with Gasteiger partial charge in [-0.05, 0) is 37.3 Å². The smallest absolute Gasteiger partial charge is 0.155 e. The molecular formula is C17H18O2. The van der Waals surface area contributed by atoms with E-state index in [9.17, 15) is 9.59 Å². The van der Waals surface area contributed by atoms with E-state index in [2.05, 4.69) is 12.1 Å². The number of carbonyl (C=O) groups excluding carboxylic acids is 2. The molecule has 1 atom stereocenters. The van der Waals surface area contributed by atoms with Crippen LogP contribution in [0.4, 0.5) is 0 Å². The van der Waals surface area contributed by atoms with Crippen LogP contribution in [0.3, 0.4) is 0 Å². The predicted octanol–water partition coefficient (Wildman–Crippen LogP) is 3.26. The molecule has 19 heavy (non-hydrogen) atoms. The second-order valence-electron chi connectivity index (χ2n) is 5.66. The molecule has 2 nitrogen and oxygen atoms in total. The largest absolute Gasteiger partial charge is 0.299 e. The van der Waals surface area contributed by atoms with Gasteiger partial charge in [0.15, 0.2) is 5.78 Å². The molecule has 1 saturated carbocycles. The van der Waals surface area contributed by atoms with Crippen LogP contribution in [0, 0.1) is 5.41 Å². The Balaban J connectivity index is 1.99. The van der Waals surface area contributed by atoms with Gasteiger partial charge in [0.1, 0.15) is 5.78 Å². The molecule has 98 valence electrons. The molecule has 1 aromatic carbocycles. The normalized spacial score (nSPS) is 26.8. The Morgan fingerprint density at radius 2 is 1.79 bits per heavy atom. The van der Waals surface area contributed by atoms with E-state index in [0.717, 1.165) is 24.8 Å². The molecular weight excluding hydrogens is 236 g/mol. The number of Topliss-reactive ketones (excluding diaryl/α,β-unsaturated/α-hetero) is 1. The number of allylic oxidation sites excluding steroid dienone is 2. The highest BCUT2D eigenvalue weighted by atomic mass is 16.1. The number of ketones is 2. The summed E-state index contributed by atoms with van der Waals surface area (Å²) in [6.45, 7) is 0. The van der Waals surface area contributed by atoms with Crippen LogP contribution in [-0.2, 0) is 16.0 Å². The fourth-order valence-electron chi connectivity index (χ4n) is 3.46. The van der Waals surface area contributed by atoms with Gasteiger partial charge < -0.3 is 0 Å². The quantitative estimate of drug-likeness (QED) is 0.811. The Hall–Kier alpha value is -1.70. The van der Waals surface area contributed by atoms with Gasteiger partial charge in [-0.3, -0.25) is 9.59 Å². The molecule has 0 aromatic heterocycles. The SMILES string of the molecule is O=C1C=C2CCCC(=O)C2(Cc2ccccc2)CC1. The fraction of sp³-hybridized carbons (Fsp3) is 0.412. The summed E-state index contributed by atoms with van der Waals surface area (Å²) in [6, 6.07) is 10.2. The topological polar surface area (TPSA) is 34.1 Å². The monoisotopic (exact) mass is 254 g/mol. The Labute approximate surface area is 113 Å². The van der Waals surface area contributed by atoms with Gasteiger partial charge in [0.25, 0.3) is 0 Å². The van der Waals surface area contributed by atoms with Gasteiger partial charge in [-0.25, -0.2) is 0 Å². The zero-order valence-corrected chi connectivity index (χ0v) is 11.0. The van der Waals surface area contributed by atoms with Gasteiger partial charge in [0.05, 0.1) is 5.41 Å². The molecule has 1 aromatic rings. The minimum absolute atomic E-state index is 0.188. The maximum Gasteiger partial charge on any atom is 0.155 e. The standard InChI is InChI=1S/C17H18O2/c18-15-9-10-17(12-13-5-2-1-3-6-13)14(11-15)7-4-8-16(17)19/h1-3,5-6,11H,4,7-10,12H2. The van der Waals surface area contributed by atoms with Crippen LogP contribution in [0.1, 0.15) is 37.7 Å². The van der Waals surface area contributed by atoms with Gasteiger partial charge in [0.2, 0.25) is 0 Å². The average Bonchev–Trinajstić information content (AvgIpc) is 2.42. The van der Waals surface area contributed by atoms with E-state index < -0.39 is 0 Å². The lowest BCUT2D eigenvalue weighted by Gasteiger charge is -2.40. The lowest BCUT2D eigenvalue weighted by atomic mass is 9.61. The summed E-state index contributed by atoms with van der Waals surface area (Å²) in [5.41, 5.74) is 1.90. The summed E-state index contributed by atoms with van der Waals surface area (Å²) in [7, 11) is 0. The Morgan fingerprint density at radius 3 is 2.58 bits per heavy atom. The molecule has 0 heterocycles. The van der Waals surface area contributed by atoms with Crippen molar-refractivity contribution in [1.29, 1.82) is 0 Å². The third-order valence-corrected chi connectivity index (χ3v) is 4.48. The first-order valence-corrected chi connectivity index (χ1v) is 7.02. The van der Waals surface area contributed by atoms with E-state index in [1.807, 2.05) is 18.2 Å². The highest BCUT2D eigenvalue weighted by molar-refractivity contribution is 5.98. The van der Waals surface area contributed by atoms with Crippen molar-refractivity contribution in [1.82, 2.24) is 0 Å². The van der Waals surface area contributed by atoms with Crippen molar-refractivity contribution in [3.8, 4) is 0 Å². The number of carbonyl (C=O) groups is 2. The van der Waals surface area contributed by atoms with Gasteiger partial charge in [-0.15, -0.1) is 0 Å². The van der Waals surface area contributed by atoms with Gasteiger partial charge in [-0.2, -0.15) is 0 Å². The number of rotatable bonds is 2. The van der Waals surface area contributed by atoms with Crippen LogP contribution in [0.25, 0.3) is 0 Å². The van der Waals surface area contributed by atoms with Crippen molar-refractivity contribution in [3.63, 3.8) is 0 Å². The van der Waals surface area contributed by atoms with E-state index in [-0.39, 0.29) is 11.2 Å². The van der Waals surface area contributed by atoms with E-state index >= 15 is 0 Å². The first-order valence-electron chi connectivity index (χ1n) is 7.02. The molecule has 2 aliphatic carbocycles. The van der Waals surface area contributed by atoms with E-state index in [1.165, 1.54) is 5.56 Å². The third-order valence-electron chi connectivity index (χ3n) is 4.48. The number of fused-ring (bicyclic) bond motifs is 1. The van der Waals surface area contributed by atoms with Crippen molar-refractivity contribution in [3.05, 3.63) is 47.5 Å². The molecule has 2 aliphatic rings. The molecule has 0 N–H and O–H groups in total. The lowest BCUT2D eigenvalue weighted by molar-refractivity contribution is -0.129. The second-order valence-corrected chi connectivity index (χ2v) is 5.66. The maximum absolute atomic E-state index is 12.5. The minimum atomic E-state index is -0.381. The summed E-state index contributed by atoms with van der Waals surface area (Å²) < 4.78 is 0.